The summed E-state index contributed by atoms with van der Waals surface area (Å²) >= 11 is 6.60. The van der Waals surface area contributed by atoms with Crippen molar-refractivity contribution in [2.75, 3.05) is 0 Å². The molecule has 0 unspecified atom stereocenters. The van der Waals surface area contributed by atoms with Gasteiger partial charge in [-0.1, -0.05) is 28.1 Å². The van der Waals surface area contributed by atoms with E-state index in [0.29, 0.717) is 8.95 Å². The number of halogens is 2. The van der Waals surface area contributed by atoms with Gasteiger partial charge in [0.15, 0.2) is 0 Å². The van der Waals surface area contributed by atoms with Crippen LogP contribution in [-0.4, -0.2) is 18.0 Å². The second-order valence-corrected chi connectivity index (χ2v) is 8.93. The van der Waals surface area contributed by atoms with Crippen LogP contribution in [0.4, 0.5) is 0 Å². The smallest absolute Gasteiger partial charge is 0.242 e. The highest BCUT2D eigenvalue weighted by atomic mass is 79.9. The van der Waals surface area contributed by atoms with E-state index >= 15 is 0 Å². The Labute approximate surface area is 163 Å². The summed E-state index contributed by atoms with van der Waals surface area (Å²) < 4.78 is 31.2. The number of nitrogens with zero attached hydrogens (tertiary/aromatic N) is 2. The van der Waals surface area contributed by atoms with E-state index in [1.54, 1.807) is 30.7 Å². The highest BCUT2D eigenvalue weighted by Crippen LogP contribution is 2.27. The van der Waals surface area contributed by atoms with Gasteiger partial charge in [0, 0.05) is 33.1 Å². The molecule has 1 heterocycles. The van der Waals surface area contributed by atoms with E-state index in [-0.39, 0.29) is 10.9 Å². The third-order valence-corrected chi connectivity index (χ3v) is 6.74. The van der Waals surface area contributed by atoms with E-state index in [4.69, 9.17) is 0 Å². The molecule has 8 heteroatoms. The van der Waals surface area contributed by atoms with Crippen molar-refractivity contribution < 1.29 is 8.42 Å². The molecule has 5 nitrogen and oxygen atoms in total. The molecule has 0 aliphatic rings. The number of aromatic nitrogens is 2. The standard InChI is InChI=1S/C17H15Br2N3O2S/c1-12(13-2-5-15(6-3-13)22-9-8-20-11-22)21-25(23,24)17-10-14(18)4-7-16(17)19/h2-12,21H,1H3/t12-/m1/s1. The maximum atomic E-state index is 12.7. The molecular weight excluding hydrogens is 470 g/mol. The van der Waals surface area contributed by atoms with Gasteiger partial charge >= 0.3 is 0 Å². The van der Waals surface area contributed by atoms with Gasteiger partial charge in [-0.2, -0.15) is 0 Å². The number of hydrogen-bond donors (Lipinski definition) is 1. The van der Waals surface area contributed by atoms with Gasteiger partial charge in [-0.3, -0.25) is 0 Å². The number of sulfonamides is 1. The molecule has 0 bridgehead atoms. The number of benzene rings is 2. The molecule has 0 saturated carbocycles. The largest absolute Gasteiger partial charge is 0.306 e. The zero-order chi connectivity index (χ0) is 18.0. The molecule has 0 aliphatic carbocycles. The van der Waals surface area contributed by atoms with Crippen LogP contribution in [0.25, 0.3) is 5.69 Å². The van der Waals surface area contributed by atoms with Gasteiger partial charge in [0.2, 0.25) is 10.0 Å². The number of rotatable bonds is 5. The predicted octanol–water partition coefficient (Wildman–Crippen LogP) is 4.44. The van der Waals surface area contributed by atoms with Crippen molar-refractivity contribution >= 4 is 41.9 Å². The van der Waals surface area contributed by atoms with E-state index in [1.807, 2.05) is 42.0 Å². The molecule has 0 aliphatic heterocycles. The predicted molar refractivity (Wildman–Crippen MR) is 104 cm³/mol. The molecule has 2 aromatic carbocycles. The zero-order valence-corrected chi connectivity index (χ0v) is 17.2. The van der Waals surface area contributed by atoms with Crippen LogP contribution in [0, 0.1) is 0 Å². The van der Waals surface area contributed by atoms with Crippen LogP contribution >= 0.6 is 31.9 Å². The van der Waals surface area contributed by atoms with Crippen LogP contribution in [0.3, 0.4) is 0 Å². The Kier molecular flexibility index (Phi) is 5.43. The summed E-state index contributed by atoms with van der Waals surface area (Å²) in [6, 6.07) is 12.3. The molecule has 25 heavy (non-hydrogen) atoms. The van der Waals surface area contributed by atoms with Gasteiger partial charge < -0.3 is 4.57 Å². The van der Waals surface area contributed by atoms with E-state index in [1.165, 1.54) is 0 Å². The Morgan fingerprint density at radius 2 is 1.84 bits per heavy atom. The van der Waals surface area contributed by atoms with Crippen molar-refractivity contribution in [2.24, 2.45) is 0 Å². The molecule has 1 atom stereocenters. The zero-order valence-electron chi connectivity index (χ0n) is 13.2. The fraction of sp³-hybridized carbons (Fsp3) is 0.118. The third kappa shape index (κ3) is 4.20. The quantitative estimate of drug-likeness (QED) is 0.582. The molecule has 130 valence electrons. The van der Waals surface area contributed by atoms with Crippen LogP contribution in [-0.2, 0) is 10.0 Å². The lowest BCUT2D eigenvalue weighted by Gasteiger charge is -2.16. The molecular formula is C17H15Br2N3O2S. The first-order valence-corrected chi connectivity index (χ1v) is 10.5. The Morgan fingerprint density at radius 1 is 1.12 bits per heavy atom. The molecule has 0 spiro atoms. The van der Waals surface area contributed by atoms with Crippen molar-refractivity contribution in [3.8, 4) is 5.69 Å². The Morgan fingerprint density at radius 3 is 2.48 bits per heavy atom. The summed E-state index contributed by atoms with van der Waals surface area (Å²) in [5, 5.41) is 0. The van der Waals surface area contributed by atoms with Gasteiger partial charge in [-0.15, -0.1) is 0 Å². The van der Waals surface area contributed by atoms with Gasteiger partial charge in [0.05, 0.1) is 11.2 Å². The van der Waals surface area contributed by atoms with Gasteiger partial charge in [-0.05, 0) is 58.7 Å². The van der Waals surface area contributed by atoms with Gasteiger partial charge in [0.25, 0.3) is 0 Å². The first-order chi connectivity index (χ1) is 11.9. The lowest BCUT2D eigenvalue weighted by Crippen LogP contribution is -2.27. The summed E-state index contributed by atoms with van der Waals surface area (Å²) in [4.78, 5) is 4.21. The molecule has 0 amide bonds. The Balaban J connectivity index is 1.81. The Hall–Kier alpha value is -1.48. The van der Waals surface area contributed by atoms with E-state index in [9.17, 15) is 8.42 Å². The van der Waals surface area contributed by atoms with Crippen LogP contribution in [0.1, 0.15) is 18.5 Å². The lowest BCUT2D eigenvalue weighted by molar-refractivity contribution is 0.566. The number of hydrogen-bond acceptors (Lipinski definition) is 3. The topological polar surface area (TPSA) is 64.0 Å². The van der Waals surface area contributed by atoms with Gasteiger partial charge in [-0.25, -0.2) is 18.1 Å². The maximum absolute atomic E-state index is 12.7. The fourth-order valence-electron chi connectivity index (χ4n) is 2.39. The van der Waals surface area contributed by atoms with E-state index < -0.39 is 10.0 Å². The molecule has 0 fully saturated rings. The molecule has 3 aromatic rings. The summed E-state index contributed by atoms with van der Waals surface area (Å²) in [6.45, 7) is 1.82. The number of imidazole rings is 1. The molecule has 1 aromatic heterocycles. The third-order valence-electron chi connectivity index (χ3n) is 3.71. The molecule has 3 rings (SSSR count). The molecule has 1 N–H and O–H groups in total. The van der Waals surface area contributed by atoms with Crippen LogP contribution in [0.2, 0.25) is 0 Å². The van der Waals surface area contributed by atoms with E-state index in [2.05, 4.69) is 41.6 Å². The van der Waals surface area contributed by atoms with Crippen LogP contribution in [0.15, 0.2) is 75.0 Å². The monoisotopic (exact) mass is 483 g/mol. The highest BCUT2D eigenvalue weighted by molar-refractivity contribution is 9.11. The minimum absolute atomic E-state index is 0.198. The fourth-order valence-corrected chi connectivity index (χ4v) is 5.13. The number of nitrogens with one attached hydrogen (secondary N) is 1. The maximum Gasteiger partial charge on any atom is 0.242 e. The van der Waals surface area contributed by atoms with E-state index in [0.717, 1.165) is 11.3 Å². The van der Waals surface area contributed by atoms with Crippen molar-refractivity contribution in [1.82, 2.24) is 14.3 Å². The second-order valence-electron chi connectivity index (χ2n) is 5.48. The summed E-state index contributed by atoms with van der Waals surface area (Å²) in [5.74, 6) is 0. The summed E-state index contributed by atoms with van der Waals surface area (Å²) in [7, 11) is -3.66. The SMILES string of the molecule is C[C@@H](NS(=O)(=O)c1cc(Br)ccc1Br)c1ccc(-n2ccnc2)cc1. The molecule has 0 saturated heterocycles. The van der Waals surface area contributed by atoms with Crippen molar-refractivity contribution in [1.29, 1.82) is 0 Å². The summed E-state index contributed by atoms with van der Waals surface area (Å²) in [5.41, 5.74) is 1.84. The second kappa shape index (κ2) is 7.41. The summed E-state index contributed by atoms with van der Waals surface area (Å²) in [6.07, 6.45) is 5.28. The van der Waals surface area contributed by atoms with Crippen molar-refractivity contribution in [3.05, 3.63) is 75.7 Å². The van der Waals surface area contributed by atoms with Crippen LogP contribution < -0.4 is 4.72 Å². The normalized spacial score (nSPS) is 12.9. The highest BCUT2D eigenvalue weighted by Gasteiger charge is 2.21. The minimum Gasteiger partial charge on any atom is -0.306 e. The first-order valence-electron chi connectivity index (χ1n) is 7.42. The average molecular weight is 485 g/mol. The molecule has 0 radical (unpaired) electrons. The first kappa shape index (κ1) is 18.3. The van der Waals surface area contributed by atoms with Crippen molar-refractivity contribution in [3.63, 3.8) is 0 Å². The lowest BCUT2D eigenvalue weighted by atomic mass is 10.1. The average Bonchev–Trinajstić information content (AvgIpc) is 3.11. The minimum atomic E-state index is -3.66. The van der Waals surface area contributed by atoms with Crippen molar-refractivity contribution in [2.45, 2.75) is 17.9 Å². The Bertz CT molecular complexity index is 972. The van der Waals surface area contributed by atoms with Gasteiger partial charge in [0.1, 0.15) is 0 Å². The van der Waals surface area contributed by atoms with Crippen LogP contribution in [0.5, 0.6) is 0 Å².